The fourth-order valence-electron chi connectivity index (χ4n) is 0.320. The first-order chi connectivity index (χ1) is 4.63. The Bertz CT molecular complexity index is 131. The number of hydrazine groups is 1. The summed E-state index contributed by atoms with van der Waals surface area (Å²) < 4.78 is 0. The van der Waals surface area contributed by atoms with Crippen LogP contribution >= 0.6 is 12.2 Å². The van der Waals surface area contributed by atoms with Crippen molar-refractivity contribution in [2.75, 3.05) is 0 Å². The molecule has 10 heavy (non-hydrogen) atoms. The van der Waals surface area contributed by atoms with E-state index < -0.39 is 0 Å². The minimum Gasteiger partial charge on any atom is -0.294 e. The number of hydrogen-bond donors (Lipinski definition) is 2. The number of rotatable bonds is 3. The lowest BCUT2D eigenvalue weighted by Crippen LogP contribution is -2.33. The van der Waals surface area contributed by atoms with Crippen LogP contribution in [0.2, 0.25) is 0 Å². The molecule has 0 aromatic heterocycles. The van der Waals surface area contributed by atoms with Gasteiger partial charge in [-0.15, -0.1) is 0 Å². The zero-order valence-corrected chi connectivity index (χ0v) is 7.33. The van der Waals surface area contributed by atoms with Crippen LogP contribution in [0.4, 0.5) is 0 Å². The van der Waals surface area contributed by atoms with Gasteiger partial charge >= 0.3 is 0 Å². The van der Waals surface area contributed by atoms with Gasteiger partial charge in [-0.25, -0.2) is 0 Å². The second kappa shape index (κ2) is 5.17. The van der Waals surface area contributed by atoms with Crippen LogP contribution in [0, 0.1) is 0 Å². The molecular weight excluding hydrogens is 146 g/mol. The average Bonchev–Trinajstić information content (AvgIpc) is 1.79. The Labute approximate surface area is 66.9 Å². The summed E-state index contributed by atoms with van der Waals surface area (Å²) in [5.41, 5.74) is 5.47. The van der Waals surface area contributed by atoms with E-state index in [0.717, 1.165) is 0 Å². The topological polar surface area (TPSA) is 36.4 Å². The molecule has 0 amide bonds. The zero-order valence-electron chi connectivity index (χ0n) is 6.51. The van der Waals surface area contributed by atoms with Crippen LogP contribution in [0.15, 0.2) is 4.99 Å². The van der Waals surface area contributed by atoms with E-state index >= 15 is 0 Å². The predicted octanol–water partition coefficient (Wildman–Crippen LogP) is 0.865. The van der Waals surface area contributed by atoms with Crippen LogP contribution in [0.3, 0.4) is 0 Å². The van der Waals surface area contributed by atoms with Crippen molar-refractivity contribution in [2.45, 2.75) is 26.8 Å². The van der Waals surface area contributed by atoms with Crippen LogP contribution in [-0.2, 0) is 0 Å². The highest BCUT2D eigenvalue weighted by molar-refractivity contribution is 7.80. The summed E-state index contributed by atoms with van der Waals surface area (Å²) in [7, 11) is 0. The maximum absolute atomic E-state index is 4.74. The molecule has 0 radical (unpaired) electrons. The minimum atomic E-state index is 0.319. The van der Waals surface area contributed by atoms with E-state index in [1.807, 2.05) is 13.8 Å². The third-order valence-electron chi connectivity index (χ3n) is 0.685. The largest absolute Gasteiger partial charge is 0.294 e. The zero-order chi connectivity index (χ0) is 7.98. The fourth-order valence-corrected chi connectivity index (χ4v) is 0.379. The number of nitrogens with zero attached hydrogens (tertiary/aromatic N) is 1. The molecule has 0 atom stereocenters. The first-order valence-corrected chi connectivity index (χ1v) is 3.57. The van der Waals surface area contributed by atoms with Gasteiger partial charge in [0.15, 0.2) is 0 Å². The Morgan fingerprint density at radius 1 is 1.60 bits per heavy atom. The SMILES string of the molecule is CC(=S)NNC=NC(C)C. The maximum Gasteiger partial charge on any atom is 0.101 e. The molecule has 0 aliphatic carbocycles. The molecule has 0 saturated heterocycles. The average molecular weight is 159 g/mol. The van der Waals surface area contributed by atoms with Crippen LogP contribution in [0.25, 0.3) is 0 Å². The summed E-state index contributed by atoms with van der Waals surface area (Å²) in [6.45, 7) is 5.80. The molecule has 0 heterocycles. The molecule has 0 aliphatic rings. The molecule has 0 bridgehead atoms. The predicted molar refractivity (Wildman–Crippen MR) is 48.2 cm³/mol. The lowest BCUT2D eigenvalue weighted by atomic mass is 10.4. The summed E-state index contributed by atoms with van der Waals surface area (Å²) in [6.07, 6.45) is 1.60. The van der Waals surface area contributed by atoms with Crippen molar-refractivity contribution in [3.63, 3.8) is 0 Å². The van der Waals surface area contributed by atoms with E-state index in [0.29, 0.717) is 11.0 Å². The summed E-state index contributed by atoms with van der Waals surface area (Å²) in [6, 6.07) is 0.319. The molecule has 0 spiro atoms. The highest BCUT2D eigenvalue weighted by atomic mass is 32.1. The lowest BCUT2D eigenvalue weighted by molar-refractivity contribution is 0.812. The standard InChI is InChI=1S/C6H13N3S/c1-5(2)7-4-8-9-6(3)10/h4-5H,1-3H3,(H,7,8)(H,9,10). The van der Waals surface area contributed by atoms with E-state index in [1.165, 1.54) is 0 Å². The van der Waals surface area contributed by atoms with Crippen molar-refractivity contribution < 1.29 is 0 Å². The molecule has 3 nitrogen and oxygen atoms in total. The highest BCUT2D eigenvalue weighted by Crippen LogP contribution is 1.79. The number of aliphatic imine (C=N–C) groups is 1. The molecule has 0 fully saturated rings. The molecular formula is C6H13N3S. The molecule has 0 unspecified atom stereocenters. The summed E-state index contributed by atoms with van der Waals surface area (Å²) in [5, 5.41) is 0. The van der Waals surface area contributed by atoms with Gasteiger partial charge in [0.25, 0.3) is 0 Å². The highest BCUT2D eigenvalue weighted by Gasteiger charge is 1.82. The second-order valence-corrected chi connectivity index (χ2v) is 2.81. The third-order valence-corrected chi connectivity index (χ3v) is 0.787. The van der Waals surface area contributed by atoms with Gasteiger partial charge in [-0.3, -0.25) is 15.8 Å². The van der Waals surface area contributed by atoms with E-state index in [9.17, 15) is 0 Å². The van der Waals surface area contributed by atoms with Gasteiger partial charge in [0, 0.05) is 6.04 Å². The van der Waals surface area contributed by atoms with Gasteiger partial charge in [0.1, 0.15) is 6.34 Å². The van der Waals surface area contributed by atoms with Crippen LogP contribution < -0.4 is 10.9 Å². The Hall–Kier alpha value is -0.640. The van der Waals surface area contributed by atoms with Crippen molar-refractivity contribution in [1.29, 1.82) is 0 Å². The minimum absolute atomic E-state index is 0.319. The molecule has 58 valence electrons. The van der Waals surface area contributed by atoms with E-state index in [-0.39, 0.29) is 0 Å². The second-order valence-electron chi connectivity index (χ2n) is 2.20. The molecule has 2 N–H and O–H groups in total. The smallest absolute Gasteiger partial charge is 0.101 e. The Balaban J connectivity index is 3.27. The van der Waals surface area contributed by atoms with E-state index in [4.69, 9.17) is 12.2 Å². The molecule has 0 aliphatic heterocycles. The molecule has 0 saturated carbocycles. The first kappa shape index (κ1) is 9.36. The quantitative estimate of drug-likeness (QED) is 0.277. The molecule has 4 heteroatoms. The van der Waals surface area contributed by atoms with Crippen molar-refractivity contribution in [1.82, 2.24) is 10.9 Å². The fraction of sp³-hybridized carbons (Fsp3) is 0.667. The Morgan fingerprint density at radius 3 is 2.60 bits per heavy atom. The van der Waals surface area contributed by atoms with Crippen molar-refractivity contribution in [3.8, 4) is 0 Å². The van der Waals surface area contributed by atoms with Crippen LogP contribution in [0.1, 0.15) is 20.8 Å². The van der Waals surface area contributed by atoms with Crippen molar-refractivity contribution >= 4 is 23.5 Å². The normalized spacial score (nSPS) is 10.4. The van der Waals surface area contributed by atoms with E-state index in [2.05, 4.69) is 15.8 Å². The number of hydrogen-bond acceptors (Lipinski definition) is 2. The lowest BCUT2D eigenvalue weighted by Gasteiger charge is -2.01. The number of thiocarbonyl (C=S) groups is 1. The Kier molecular flexibility index (Phi) is 4.84. The molecule has 0 rings (SSSR count). The third kappa shape index (κ3) is 7.36. The van der Waals surface area contributed by atoms with Gasteiger partial charge in [-0.2, -0.15) is 0 Å². The van der Waals surface area contributed by atoms with Gasteiger partial charge in [-0.05, 0) is 20.8 Å². The monoisotopic (exact) mass is 159 g/mol. The first-order valence-electron chi connectivity index (χ1n) is 3.16. The summed E-state index contributed by atoms with van der Waals surface area (Å²) >= 11 is 4.74. The van der Waals surface area contributed by atoms with E-state index in [1.54, 1.807) is 13.3 Å². The number of nitrogens with one attached hydrogen (secondary N) is 2. The van der Waals surface area contributed by atoms with Gasteiger partial charge < -0.3 is 0 Å². The van der Waals surface area contributed by atoms with Crippen LogP contribution in [-0.4, -0.2) is 17.4 Å². The molecule has 0 aromatic carbocycles. The maximum atomic E-state index is 4.74. The van der Waals surface area contributed by atoms with Gasteiger partial charge in [0.2, 0.25) is 0 Å². The summed E-state index contributed by atoms with van der Waals surface area (Å²) in [5.74, 6) is 0. The van der Waals surface area contributed by atoms with Crippen molar-refractivity contribution in [2.24, 2.45) is 4.99 Å². The summed E-state index contributed by atoms with van der Waals surface area (Å²) in [4.78, 5) is 4.74. The van der Waals surface area contributed by atoms with Gasteiger partial charge in [-0.1, -0.05) is 12.2 Å². The van der Waals surface area contributed by atoms with Crippen LogP contribution in [0.5, 0.6) is 0 Å². The van der Waals surface area contributed by atoms with Gasteiger partial charge in [0.05, 0.1) is 4.99 Å². The Morgan fingerprint density at radius 2 is 2.20 bits per heavy atom. The van der Waals surface area contributed by atoms with Crippen molar-refractivity contribution in [3.05, 3.63) is 0 Å². The molecule has 0 aromatic rings.